The van der Waals surface area contributed by atoms with Crippen molar-refractivity contribution in [1.82, 2.24) is 10.3 Å². The number of hydrogen-bond donors (Lipinski definition) is 2. The van der Waals surface area contributed by atoms with Crippen LogP contribution in [0.5, 0.6) is 0 Å². The van der Waals surface area contributed by atoms with E-state index in [0.717, 1.165) is 31.2 Å². The zero-order valence-electron chi connectivity index (χ0n) is 20.3. The van der Waals surface area contributed by atoms with Gasteiger partial charge in [-0.1, -0.05) is 19.1 Å². The topological polar surface area (TPSA) is 105 Å². The summed E-state index contributed by atoms with van der Waals surface area (Å²) in [5.74, 6) is -1.43. The average Bonchev–Trinajstić information content (AvgIpc) is 2.81. The van der Waals surface area contributed by atoms with Crippen LogP contribution in [0.4, 0.5) is 23.4 Å². The highest BCUT2D eigenvalue weighted by molar-refractivity contribution is 7.90. The molecule has 1 amide bonds. The third kappa shape index (κ3) is 6.52. The summed E-state index contributed by atoms with van der Waals surface area (Å²) in [5.41, 5.74) is 5.21. The number of carbonyl (C=O) groups excluding carboxylic acids is 1. The quantitative estimate of drug-likeness (QED) is 0.526. The molecule has 2 heterocycles. The normalized spacial score (nSPS) is 17.1. The predicted molar refractivity (Wildman–Crippen MR) is 128 cm³/mol. The molecule has 1 fully saturated rings. The van der Waals surface area contributed by atoms with Gasteiger partial charge in [-0.05, 0) is 49.4 Å². The molecule has 198 valence electrons. The van der Waals surface area contributed by atoms with Gasteiger partial charge in [-0.25, -0.2) is 17.8 Å². The lowest BCUT2D eigenvalue weighted by Gasteiger charge is -2.33. The number of benzene rings is 1. The SMILES string of the molecule is CC1CCN(c2nc(C(F)(F)F)ccc2CNC(=O)C(C)c2ccc(F)c(C(N)S(C)(=O)=O)c2)CC1. The van der Waals surface area contributed by atoms with Crippen molar-refractivity contribution in [2.24, 2.45) is 11.7 Å². The first-order valence-electron chi connectivity index (χ1n) is 11.5. The molecule has 3 N–H and O–H groups in total. The second-order valence-electron chi connectivity index (χ2n) is 9.32. The number of amides is 1. The van der Waals surface area contributed by atoms with Gasteiger partial charge >= 0.3 is 6.18 Å². The zero-order chi connectivity index (χ0) is 26.8. The van der Waals surface area contributed by atoms with E-state index in [9.17, 15) is 30.8 Å². The molecule has 0 bridgehead atoms. The fraction of sp³-hybridized carbons (Fsp3) is 0.500. The van der Waals surface area contributed by atoms with E-state index in [-0.39, 0.29) is 17.9 Å². The Morgan fingerprint density at radius 3 is 2.44 bits per heavy atom. The molecular weight excluding hydrogens is 500 g/mol. The van der Waals surface area contributed by atoms with Crippen LogP contribution in [0, 0.1) is 11.7 Å². The molecule has 0 spiro atoms. The molecule has 12 heteroatoms. The first-order chi connectivity index (χ1) is 16.7. The van der Waals surface area contributed by atoms with Gasteiger partial charge < -0.3 is 16.0 Å². The van der Waals surface area contributed by atoms with Crippen molar-refractivity contribution in [2.75, 3.05) is 24.2 Å². The number of piperidine rings is 1. The smallest absolute Gasteiger partial charge is 0.356 e. The Morgan fingerprint density at radius 1 is 1.22 bits per heavy atom. The number of sulfone groups is 1. The fourth-order valence-electron chi connectivity index (χ4n) is 4.03. The number of alkyl halides is 3. The van der Waals surface area contributed by atoms with Crippen LogP contribution in [0.15, 0.2) is 30.3 Å². The molecule has 1 aromatic heterocycles. The van der Waals surface area contributed by atoms with Crippen LogP contribution in [0.25, 0.3) is 0 Å². The van der Waals surface area contributed by atoms with Gasteiger partial charge in [-0.2, -0.15) is 13.2 Å². The van der Waals surface area contributed by atoms with Crippen LogP contribution in [0.3, 0.4) is 0 Å². The number of aromatic nitrogens is 1. The van der Waals surface area contributed by atoms with E-state index < -0.39 is 44.7 Å². The Hall–Kier alpha value is -2.73. The molecule has 1 saturated heterocycles. The summed E-state index contributed by atoms with van der Waals surface area (Å²) in [4.78, 5) is 18.5. The molecule has 7 nitrogen and oxygen atoms in total. The molecular formula is C24H30F4N4O3S. The number of nitrogens with one attached hydrogen (secondary N) is 1. The molecule has 2 atom stereocenters. The summed E-state index contributed by atoms with van der Waals surface area (Å²) in [6.45, 7) is 4.70. The Morgan fingerprint density at radius 2 is 1.86 bits per heavy atom. The number of hydrogen-bond acceptors (Lipinski definition) is 6. The van der Waals surface area contributed by atoms with Crippen molar-refractivity contribution in [1.29, 1.82) is 0 Å². The molecule has 36 heavy (non-hydrogen) atoms. The summed E-state index contributed by atoms with van der Waals surface area (Å²) in [7, 11) is -3.77. The number of anilines is 1. The molecule has 2 aromatic rings. The average molecular weight is 531 g/mol. The van der Waals surface area contributed by atoms with Crippen molar-refractivity contribution in [3.8, 4) is 0 Å². The van der Waals surface area contributed by atoms with Gasteiger partial charge in [0.25, 0.3) is 0 Å². The van der Waals surface area contributed by atoms with Crippen molar-refractivity contribution in [2.45, 2.75) is 50.7 Å². The van der Waals surface area contributed by atoms with E-state index in [4.69, 9.17) is 5.73 Å². The first kappa shape index (κ1) is 27.9. The Kier molecular flexibility index (Phi) is 8.29. The molecule has 0 saturated carbocycles. The molecule has 2 unspecified atom stereocenters. The van der Waals surface area contributed by atoms with Crippen LogP contribution in [0.2, 0.25) is 0 Å². The van der Waals surface area contributed by atoms with Crippen LogP contribution in [0.1, 0.15) is 60.4 Å². The molecule has 1 aromatic carbocycles. The maximum Gasteiger partial charge on any atom is 0.433 e. The summed E-state index contributed by atoms with van der Waals surface area (Å²) >= 11 is 0. The Bertz CT molecular complexity index is 1210. The minimum Gasteiger partial charge on any atom is -0.356 e. The number of halogens is 4. The molecule has 1 aliphatic rings. The summed E-state index contributed by atoms with van der Waals surface area (Å²) in [6, 6.07) is 5.85. The van der Waals surface area contributed by atoms with Gasteiger partial charge in [0.1, 0.15) is 22.7 Å². The van der Waals surface area contributed by atoms with E-state index >= 15 is 0 Å². The van der Waals surface area contributed by atoms with Gasteiger partial charge in [0, 0.05) is 37.0 Å². The lowest BCUT2D eigenvalue weighted by Crippen LogP contribution is -2.35. The highest BCUT2D eigenvalue weighted by Crippen LogP contribution is 2.32. The van der Waals surface area contributed by atoms with Gasteiger partial charge in [0.2, 0.25) is 5.91 Å². The number of pyridine rings is 1. The Labute approximate surface area is 208 Å². The zero-order valence-corrected chi connectivity index (χ0v) is 21.1. The fourth-order valence-corrected chi connectivity index (χ4v) is 4.68. The van der Waals surface area contributed by atoms with E-state index in [2.05, 4.69) is 17.2 Å². The van der Waals surface area contributed by atoms with Crippen molar-refractivity contribution >= 4 is 21.6 Å². The lowest BCUT2D eigenvalue weighted by molar-refractivity contribution is -0.141. The number of nitrogens with two attached hydrogens (primary N) is 1. The number of nitrogens with zero attached hydrogens (tertiary/aromatic N) is 2. The predicted octanol–water partition coefficient (Wildman–Crippen LogP) is 3.90. The lowest BCUT2D eigenvalue weighted by atomic mass is 9.97. The first-order valence-corrected chi connectivity index (χ1v) is 13.5. The molecule has 0 aliphatic carbocycles. The van der Waals surface area contributed by atoms with Crippen LogP contribution >= 0.6 is 0 Å². The van der Waals surface area contributed by atoms with Crippen LogP contribution < -0.4 is 16.0 Å². The highest BCUT2D eigenvalue weighted by Gasteiger charge is 2.34. The second-order valence-corrected chi connectivity index (χ2v) is 11.5. The van der Waals surface area contributed by atoms with Crippen LogP contribution in [-0.2, 0) is 27.4 Å². The van der Waals surface area contributed by atoms with Gasteiger partial charge in [-0.15, -0.1) is 0 Å². The molecule has 1 aliphatic heterocycles. The standard InChI is InChI=1S/C24H30F4N4O3S/c1-14-8-10-32(11-9-14)22-17(5-7-20(31-22)24(26,27)28)13-30-23(33)15(2)16-4-6-19(25)18(12-16)21(29)36(3,34)35/h4-7,12,14-15,21H,8-11,13,29H2,1-3H3,(H,30,33). The summed E-state index contributed by atoms with van der Waals surface area (Å²) in [6.07, 6.45) is -2.06. The van der Waals surface area contributed by atoms with Crippen LogP contribution in [-0.4, -0.2) is 38.7 Å². The van der Waals surface area contributed by atoms with Gasteiger partial charge in [0.15, 0.2) is 9.84 Å². The molecule has 0 radical (unpaired) electrons. The minimum absolute atomic E-state index is 0.0629. The highest BCUT2D eigenvalue weighted by atomic mass is 32.2. The van der Waals surface area contributed by atoms with Gasteiger partial charge in [-0.3, -0.25) is 4.79 Å². The monoisotopic (exact) mass is 530 g/mol. The maximum absolute atomic E-state index is 14.2. The third-order valence-electron chi connectivity index (χ3n) is 6.46. The van der Waals surface area contributed by atoms with E-state index in [1.54, 1.807) is 11.8 Å². The van der Waals surface area contributed by atoms with E-state index in [1.165, 1.54) is 18.2 Å². The van der Waals surface area contributed by atoms with Crippen molar-refractivity contribution in [3.05, 3.63) is 58.5 Å². The third-order valence-corrected chi connectivity index (χ3v) is 7.64. The van der Waals surface area contributed by atoms with Crippen molar-refractivity contribution in [3.63, 3.8) is 0 Å². The second kappa shape index (κ2) is 10.7. The molecule has 3 rings (SSSR count). The number of carbonyl (C=O) groups is 1. The summed E-state index contributed by atoms with van der Waals surface area (Å²) < 4.78 is 77.7. The van der Waals surface area contributed by atoms with Crippen molar-refractivity contribution < 1.29 is 30.8 Å². The van der Waals surface area contributed by atoms with E-state index in [1.807, 2.05) is 0 Å². The van der Waals surface area contributed by atoms with E-state index in [0.29, 0.717) is 30.1 Å². The maximum atomic E-state index is 14.2. The largest absolute Gasteiger partial charge is 0.433 e. The minimum atomic E-state index is -4.60. The van der Waals surface area contributed by atoms with Gasteiger partial charge in [0.05, 0.1) is 5.92 Å². The summed E-state index contributed by atoms with van der Waals surface area (Å²) in [5, 5.41) is 1.12. The number of rotatable bonds is 7. The Balaban J connectivity index is 1.80.